The van der Waals surface area contributed by atoms with E-state index in [1.165, 1.54) is 0 Å². The third kappa shape index (κ3) is 4.24. The van der Waals surface area contributed by atoms with E-state index < -0.39 is 11.5 Å². The maximum Gasteiger partial charge on any atom is 0.323 e. The van der Waals surface area contributed by atoms with Crippen molar-refractivity contribution in [1.82, 2.24) is 4.90 Å². The van der Waals surface area contributed by atoms with Crippen molar-refractivity contribution in [2.75, 3.05) is 13.6 Å². The van der Waals surface area contributed by atoms with E-state index in [9.17, 15) is 4.79 Å². The van der Waals surface area contributed by atoms with Crippen molar-refractivity contribution in [3.8, 4) is 0 Å². The number of nitrogens with zero attached hydrogens (tertiary/aromatic N) is 1. The molecular weight excluding hydrogens is 168 g/mol. The van der Waals surface area contributed by atoms with Crippen LogP contribution in [0.25, 0.3) is 0 Å². The van der Waals surface area contributed by atoms with Gasteiger partial charge in [0.2, 0.25) is 0 Å². The molecule has 4 nitrogen and oxygen atoms in total. The average Bonchev–Trinajstić information content (AvgIpc) is 1.99. The van der Waals surface area contributed by atoms with E-state index in [1.807, 2.05) is 7.05 Å². The highest BCUT2D eigenvalue weighted by atomic mass is 16.4. The Kier molecular flexibility index (Phi) is 4.36. The van der Waals surface area contributed by atoms with Gasteiger partial charge in [0.15, 0.2) is 0 Å². The van der Waals surface area contributed by atoms with E-state index in [-0.39, 0.29) is 0 Å². The Morgan fingerprint density at radius 1 is 1.62 bits per heavy atom. The van der Waals surface area contributed by atoms with Gasteiger partial charge >= 0.3 is 5.97 Å². The molecule has 0 radical (unpaired) electrons. The van der Waals surface area contributed by atoms with Gasteiger partial charge in [0.05, 0.1) is 0 Å². The summed E-state index contributed by atoms with van der Waals surface area (Å²) in [6.45, 7) is 6.38. The Morgan fingerprint density at radius 2 is 2.08 bits per heavy atom. The van der Waals surface area contributed by atoms with Gasteiger partial charge in [-0.2, -0.15) is 0 Å². The minimum absolute atomic E-state index is 0.421. The van der Waals surface area contributed by atoms with Crippen molar-refractivity contribution in [3.63, 3.8) is 0 Å². The molecule has 0 aliphatic heterocycles. The van der Waals surface area contributed by atoms with Gasteiger partial charge in [-0.05, 0) is 34.2 Å². The maximum absolute atomic E-state index is 10.7. The van der Waals surface area contributed by atoms with Gasteiger partial charge in [-0.3, -0.25) is 4.79 Å². The van der Waals surface area contributed by atoms with Crippen molar-refractivity contribution in [2.45, 2.75) is 38.8 Å². The summed E-state index contributed by atoms with van der Waals surface area (Å²) in [4.78, 5) is 12.7. The van der Waals surface area contributed by atoms with Crippen LogP contribution in [0, 0.1) is 0 Å². The molecule has 0 amide bonds. The van der Waals surface area contributed by atoms with Gasteiger partial charge in [0.1, 0.15) is 5.54 Å². The average molecular weight is 188 g/mol. The quantitative estimate of drug-likeness (QED) is 0.660. The smallest absolute Gasteiger partial charge is 0.323 e. The van der Waals surface area contributed by atoms with E-state index in [1.54, 1.807) is 6.92 Å². The first kappa shape index (κ1) is 12.4. The molecule has 1 unspecified atom stereocenters. The first-order valence-electron chi connectivity index (χ1n) is 4.50. The lowest BCUT2D eigenvalue weighted by atomic mass is 9.99. The lowest BCUT2D eigenvalue weighted by Crippen LogP contribution is -2.47. The molecule has 0 aromatic rings. The number of carbonyl (C=O) groups is 1. The van der Waals surface area contributed by atoms with Crippen molar-refractivity contribution in [2.24, 2.45) is 5.73 Å². The standard InChI is InChI=1S/C9H20N2O2/c1-7(2)11(4)6-5-9(3,10)8(12)13/h7H,5-6,10H2,1-4H3,(H,12,13). The second kappa shape index (κ2) is 4.58. The SMILES string of the molecule is CC(C)N(C)CCC(C)(N)C(=O)O. The number of carboxylic acid groups (broad SMARTS) is 1. The van der Waals surface area contributed by atoms with Crippen molar-refractivity contribution < 1.29 is 9.90 Å². The molecule has 0 bridgehead atoms. The summed E-state index contributed by atoms with van der Waals surface area (Å²) in [6, 6.07) is 0.421. The zero-order chi connectivity index (χ0) is 10.6. The lowest BCUT2D eigenvalue weighted by Gasteiger charge is -2.25. The number of hydrogen-bond donors (Lipinski definition) is 2. The molecule has 0 aromatic heterocycles. The second-order valence-electron chi connectivity index (χ2n) is 4.05. The summed E-state index contributed by atoms with van der Waals surface area (Å²) < 4.78 is 0. The molecular formula is C9H20N2O2. The molecule has 13 heavy (non-hydrogen) atoms. The van der Waals surface area contributed by atoms with Gasteiger partial charge in [-0.15, -0.1) is 0 Å². The van der Waals surface area contributed by atoms with Crippen LogP contribution in [0.2, 0.25) is 0 Å². The van der Waals surface area contributed by atoms with Crippen LogP contribution in [-0.4, -0.2) is 41.1 Å². The molecule has 0 saturated heterocycles. The topological polar surface area (TPSA) is 66.6 Å². The van der Waals surface area contributed by atoms with Crippen LogP contribution >= 0.6 is 0 Å². The van der Waals surface area contributed by atoms with E-state index >= 15 is 0 Å². The van der Waals surface area contributed by atoms with E-state index in [0.29, 0.717) is 19.0 Å². The lowest BCUT2D eigenvalue weighted by molar-refractivity contribution is -0.143. The maximum atomic E-state index is 10.7. The molecule has 0 saturated carbocycles. The summed E-state index contributed by atoms with van der Waals surface area (Å²) in [5.41, 5.74) is 4.47. The van der Waals surface area contributed by atoms with Crippen LogP contribution in [0.1, 0.15) is 27.2 Å². The molecule has 0 aliphatic rings. The second-order valence-corrected chi connectivity index (χ2v) is 4.05. The predicted octanol–water partition coefficient (Wildman–Crippen LogP) is 0.519. The first-order chi connectivity index (χ1) is 5.77. The number of nitrogens with two attached hydrogens (primary N) is 1. The molecule has 0 aliphatic carbocycles. The van der Waals surface area contributed by atoms with Gasteiger partial charge in [-0.25, -0.2) is 0 Å². The number of hydrogen-bond acceptors (Lipinski definition) is 3. The fourth-order valence-electron chi connectivity index (χ4n) is 0.774. The van der Waals surface area contributed by atoms with Crippen LogP contribution in [0.5, 0.6) is 0 Å². The normalized spacial score (nSPS) is 16.2. The molecule has 4 heteroatoms. The number of aliphatic carboxylic acids is 1. The molecule has 0 spiro atoms. The summed E-state index contributed by atoms with van der Waals surface area (Å²) in [6.07, 6.45) is 0.469. The number of carboxylic acids is 1. The van der Waals surface area contributed by atoms with Crippen LogP contribution in [0.4, 0.5) is 0 Å². The number of rotatable bonds is 5. The molecule has 78 valence electrons. The Morgan fingerprint density at radius 3 is 2.38 bits per heavy atom. The van der Waals surface area contributed by atoms with E-state index in [0.717, 1.165) is 0 Å². The Hall–Kier alpha value is -0.610. The minimum Gasteiger partial charge on any atom is -0.480 e. The monoisotopic (exact) mass is 188 g/mol. The predicted molar refractivity (Wildman–Crippen MR) is 52.6 cm³/mol. The molecule has 3 N–H and O–H groups in total. The van der Waals surface area contributed by atoms with Crippen LogP contribution < -0.4 is 5.73 Å². The fourth-order valence-corrected chi connectivity index (χ4v) is 0.774. The van der Waals surface area contributed by atoms with Gasteiger partial charge < -0.3 is 15.7 Å². The van der Waals surface area contributed by atoms with E-state index in [4.69, 9.17) is 10.8 Å². The molecule has 0 aromatic carbocycles. The molecule has 0 fully saturated rings. The molecule has 0 heterocycles. The Balaban J connectivity index is 3.95. The van der Waals surface area contributed by atoms with Crippen molar-refractivity contribution in [1.29, 1.82) is 0 Å². The Bertz CT molecular complexity index is 178. The van der Waals surface area contributed by atoms with Crippen LogP contribution in [0.3, 0.4) is 0 Å². The highest BCUT2D eigenvalue weighted by molar-refractivity contribution is 5.77. The van der Waals surface area contributed by atoms with Gasteiger partial charge in [0.25, 0.3) is 0 Å². The Labute approximate surface area is 79.7 Å². The summed E-state index contributed by atoms with van der Waals surface area (Å²) in [5.74, 6) is -0.940. The zero-order valence-corrected chi connectivity index (χ0v) is 8.87. The third-order valence-corrected chi connectivity index (χ3v) is 2.35. The fraction of sp³-hybridized carbons (Fsp3) is 0.889. The molecule has 1 atom stereocenters. The van der Waals surface area contributed by atoms with Gasteiger partial charge in [0, 0.05) is 12.6 Å². The molecule has 0 rings (SSSR count). The van der Waals surface area contributed by atoms with Crippen LogP contribution in [-0.2, 0) is 4.79 Å². The van der Waals surface area contributed by atoms with Crippen molar-refractivity contribution in [3.05, 3.63) is 0 Å². The van der Waals surface area contributed by atoms with Crippen molar-refractivity contribution >= 4 is 5.97 Å². The van der Waals surface area contributed by atoms with Gasteiger partial charge in [-0.1, -0.05) is 0 Å². The first-order valence-corrected chi connectivity index (χ1v) is 4.50. The summed E-state index contributed by atoms with van der Waals surface area (Å²) in [7, 11) is 1.96. The van der Waals surface area contributed by atoms with E-state index in [2.05, 4.69) is 18.7 Å². The summed E-state index contributed by atoms with van der Waals surface area (Å²) >= 11 is 0. The highest BCUT2D eigenvalue weighted by Gasteiger charge is 2.27. The zero-order valence-electron chi connectivity index (χ0n) is 8.87. The third-order valence-electron chi connectivity index (χ3n) is 2.35. The van der Waals surface area contributed by atoms with Crippen LogP contribution in [0.15, 0.2) is 0 Å². The largest absolute Gasteiger partial charge is 0.480 e. The summed E-state index contributed by atoms with van der Waals surface area (Å²) in [5, 5.41) is 8.75. The minimum atomic E-state index is -1.11. The highest BCUT2D eigenvalue weighted by Crippen LogP contribution is 2.07.